The van der Waals surface area contributed by atoms with Gasteiger partial charge < -0.3 is 14.6 Å². The number of carbonyl (C=O) groups is 1. The average molecular weight is 538 g/mol. The molecule has 2 N–H and O–H groups in total. The van der Waals surface area contributed by atoms with Crippen LogP contribution in [0.2, 0.25) is 0 Å². The van der Waals surface area contributed by atoms with Gasteiger partial charge in [-0.15, -0.1) is 0 Å². The second-order valence-corrected chi connectivity index (χ2v) is 12.5. The maximum Gasteiger partial charge on any atom is 0.337 e. The second kappa shape index (κ2) is 10.8. The molecule has 8 heteroatoms. The van der Waals surface area contributed by atoms with Crippen LogP contribution in [0.4, 0.5) is 5.69 Å². The van der Waals surface area contributed by atoms with Crippen LogP contribution in [0.5, 0.6) is 5.75 Å². The van der Waals surface area contributed by atoms with Crippen molar-refractivity contribution in [2.75, 3.05) is 11.3 Å². The van der Waals surface area contributed by atoms with Crippen molar-refractivity contribution in [3.63, 3.8) is 0 Å². The van der Waals surface area contributed by atoms with Gasteiger partial charge >= 0.3 is 5.97 Å². The molecule has 0 spiro atoms. The molecule has 3 aromatic carbocycles. The predicted molar refractivity (Wildman–Crippen MR) is 149 cm³/mol. The first-order chi connectivity index (χ1) is 17.8. The number of carboxylic acid groups (broad SMARTS) is 1. The van der Waals surface area contributed by atoms with E-state index in [2.05, 4.69) is 4.72 Å². The van der Waals surface area contributed by atoms with E-state index < -0.39 is 27.7 Å². The Labute approximate surface area is 224 Å². The molecule has 0 fully saturated rings. The fraction of sp³-hybridized carbons (Fsp3) is 0.367. The second-order valence-electron chi connectivity index (χ2n) is 10.8. The number of anilines is 1. The van der Waals surface area contributed by atoms with Crippen LogP contribution in [0.15, 0.2) is 54.6 Å². The van der Waals surface area contributed by atoms with E-state index >= 15 is 0 Å². The Hall–Kier alpha value is -3.36. The van der Waals surface area contributed by atoms with Crippen LogP contribution >= 0.6 is 0 Å². The summed E-state index contributed by atoms with van der Waals surface area (Å²) in [7, 11) is -3.76. The summed E-state index contributed by atoms with van der Waals surface area (Å²) in [5, 5.41) is 10.2. The number of aliphatic carboxylic acids is 1. The Bertz CT molecular complexity index is 1440. The molecule has 38 heavy (non-hydrogen) atoms. The number of hydrogen-bond donors (Lipinski definition) is 2. The van der Waals surface area contributed by atoms with Crippen LogP contribution in [0.25, 0.3) is 11.1 Å². The van der Waals surface area contributed by atoms with Crippen molar-refractivity contribution < 1.29 is 27.8 Å². The van der Waals surface area contributed by atoms with Crippen molar-refractivity contribution >= 4 is 21.7 Å². The summed E-state index contributed by atoms with van der Waals surface area (Å²) in [5.74, 6) is -0.517. The van der Waals surface area contributed by atoms with Crippen LogP contribution in [-0.4, -0.2) is 31.7 Å². The number of fused-ring (bicyclic) bond motifs is 1. The van der Waals surface area contributed by atoms with Crippen molar-refractivity contribution in [2.24, 2.45) is 0 Å². The average Bonchev–Trinajstić information content (AvgIpc) is 2.82. The summed E-state index contributed by atoms with van der Waals surface area (Å²) < 4.78 is 40.5. The van der Waals surface area contributed by atoms with Crippen molar-refractivity contribution in [1.82, 2.24) is 0 Å². The van der Waals surface area contributed by atoms with E-state index in [1.165, 1.54) is 0 Å². The molecule has 0 aliphatic carbocycles. The minimum atomic E-state index is -3.76. The van der Waals surface area contributed by atoms with Gasteiger partial charge in [0, 0.05) is 11.3 Å². The third-order valence-corrected chi connectivity index (χ3v) is 7.55. The quantitative estimate of drug-likeness (QED) is 0.356. The van der Waals surface area contributed by atoms with Gasteiger partial charge in [0.15, 0.2) is 6.10 Å². The monoisotopic (exact) mass is 537 g/mol. The van der Waals surface area contributed by atoms with Gasteiger partial charge in [-0.3, -0.25) is 4.72 Å². The van der Waals surface area contributed by atoms with E-state index in [9.17, 15) is 18.3 Å². The Kier molecular flexibility index (Phi) is 7.85. The standard InChI is InChI=1S/C30H35NO6S/c1-19-8-10-21(11-9-19)18-38(34,35)31-24-15-20(2)27(23-12-13-26-22(16-23)7-6-14-36-26)25(17-24)28(29(32)33)37-30(3,4)5/h8-13,15-17,28,31H,6-7,14,18H2,1-5H3,(H,32,33). The number of carboxylic acids is 1. The maximum absolute atomic E-state index is 13.1. The van der Waals surface area contributed by atoms with Gasteiger partial charge in [-0.2, -0.15) is 0 Å². The fourth-order valence-corrected chi connectivity index (χ4v) is 5.89. The van der Waals surface area contributed by atoms with Crippen LogP contribution in [-0.2, 0) is 31.7 Å². The first kappa shape index (κ1) is 27.7. The van der Waals surface area contributed by atoms with Crippen molar-refractivity contribution in [2.45, 2.75) is 64.9 Å². The molecule has 1 aliphatic heterocycles. The van der Waals surface area contributed by atoms with Gasteiger partial charge in [0.2, 0.25) is 10.0 Å². The van der Waals surface area contributed by atoms with Gasteiger partial charge in [0.1, 0.15) is 5.75 Å². The zero-order valence-corrected chi connectivity index (χ0v) is 23.3. The van der Waals surface area contributed by atoms with Crippen LogP contribution in [0.3, 0.4) is 0 Å². The minimum absolute atomic E-state index is 0.199. The Morgan fingerprint density at radius 2 is 1.79 bits per heavy atom. The van der Waals surface area contributed by atoms with Gasteiger partial charge in [-0.05, 0) is 99.5 Å². The Morgan fingerprint density at radius 1 is 1.08 bits per heavy atom. The lowest BCUT2D eigenvalue weighted by Crippen LogP contribution is -2.28. The van der Waals surface area contributed by atoms with Crippen LogP contribution in [0.1, 0.15) is 61.1 Å². The predicted octanol–water partition coefficient (Wildman–Crippen LogP) is 6.18. The van der Waals surface area contributed by atoms with Gasteiger partial charge in [0.25, 0.3) is 0 Å². The summed E-state index contributed by atoms with van der Waals surface area (Å²) in [6.45, 7) is 9.84. The van der Waals surface area contributed by atoms with E-state index in [0.717, 1.165) is 40.8 Å². The zero-order chi connectivity index (χ0) is 27.7. The molecule has 1 atom stereocenters. The molecule has 0 aromatic heterocycles. The molecular weight excluding hydrogens is 502 g/mol. The fourth-order valence-electron chi connectivity index (χ4n) is 4.71. The molecule has 0 radical (unpaired) electrons. The van der Waals surface area contributed by atoms with Crippen molar-refractivity contribution in [1.29, 1.82) is 0 Å². The first-order valence-corrected chi connectivity index (χ1v) is 14.3. The van der Waals surface area contributed by atoms with E-state index in [1.807, 2.05) is 44.2 Å². The molecule has 202 valence electrons. The normalized spacial score (nSPS) is 14.3. The smallest absolute Gasteiger partial charge is 0.337 e. The molecule has 0 bridgehead atoms. The highest BCUT2D eigenvalue weighted by Gasteiger charge is 2.31. The molecule has 3 aromatic rings. The Morgan fingerprint density at radius 3 is 2.45 bits per heavy atom. The number of aryl methyl sites for hydroxylation is 3. The highest BCUT2D eigenvalue weighted by atomic mass is 32.2. The van der Waals surface area contributed by atoms with Crippen LogP contribution < -0.4 is 9.46 Å². The summed E-state index contributed by atoms with van der Waals surface area (Å²) in [6.07, 6.45) is 0.474. The molecule has 7 nitrogen and oxygen atoms in total. The highest BCUT2D eigenvalue weighted by molar-refractivity contribution is 7.91. The number of sulfonamides is 1. The van der Waals surface area contributed by atoms with Crippen LogP contribution in [0, 0.1) is 13.8 Å². The lowest BCUT2D eigenvalue weighted by atomic mass is 9.89. The molecule has 1 unspecified atom stereocenters. The molecule has 0 saturated carbocycles. The summed E-state index contributed by atoms with van der Waals surface area (Å²) in [6, 6.07) is 16.5. The van der Waals surface area contributed by atoms with E-state index in [1.54, 1.807) is 45.0 Å². The minimum Gasteiger partial charge on any atom is -0.493 e. The Balaban J connectivity index is 1.79. The lowest BCUT2D eigenvalue weighted by Gasteiger charge is -2.28. The number of benzene rings is 3. The number of rotatable bonds is 8. The number of hydrogen-bond acceptors (Lipinski definition) is 5. The van der Waals surface area contributed by atoms with E-state index in [0.29, 0.717) is 29.0 Å². The molecule has 0 saturated heterocycles. The molecular formula is C30H35NO6S. The van der Waals surface area contributed by atoms with E-state index in [4.69, 9.17) is 9.47 Å². The zero-order valence-electron chi connectivity index (χ0n) is 22.5. The molecule has 1 heterocycles. The summed E-state index contributed by atoms with van der Waals surface area (Å²) in [4.78, 5) is 12.5. The van der Waals surface area contributed by atoms with Gasteiger partial charge in [-0.25, -0.2) is 13.2 Å². The summed E-state index contributed by atoms with van der Waals surface area (Å²) in [5.41, 5.74) is 4.96. The van der Waals surface area contributed by atoms with Gasteiger partial charge in [0.05, 0.1) is 18.0 Å². The largest absolute Gasteiger partial charge is 0.493 e. The third-order valence-electron chi connectivity index (χ3n) is 6.29. The topological polar surface area (TPSA) is 102 Å². The number of ether oxygens (including phenoxy) is 2. The number of nitrogens with one attached hydrogen (secondary N) is 1. The molecule has 1 aliphatic rings. The highest BCUT2D eigenvalue weighted by Crippen LogP contribution is 2.40. The van der Waals surface area contributed by atoms with Crippen molar-refractivity contribution in [3.8, 4) is 16.9 Å². The summed E-state index contributed by atoms with van der Waals surface area (Å²) >= 11 is 0. The maximum atomic E-state index is 13.1. The molecule has 0 amide bonds. The van der Waals surface area contributed by atoms with Crippen molar-refractivity contribution in [3.05, 3.63) is 82.4 Å². The first-order valence-electron chi connectivity index (χ1n) is 12.7. The molecule has 4 rings (SSSR count). The third kappa shape index (κ3) is 6.74. The SMILES string of the molecule is Cc1ccc(CS(=O)(=O)Nc2cc(C)c(-c3ccc4c(c3)CCCO4)c(C(OC(C)(C)C)C(=O)O)c2)cc1. The van der Waals surface area contributed by atoms with Gasteiger partial charge in [-0.1, -0.05) is 35.9 Å². The lowest BCUT2D eigenvalue weighted by molar-refractivity contribution is -0.160. The van der Waals surface area contributed by atoms with E-state index in [-0.39, 0.29) is 5.75 Å².